The van der Waals surface area contributed by atoms with Crippen LogP contribution in [0, 0.1) is 12.3 Å². The number of anilines is 1. The zero-order valence-corrected chi connectivity index (χ0v) is 11.8. The SMILES string of the molecule is Cc1cc(C(=N)N)nc(N(C)C2CCN(C)CC2)n1. The summed E-state index contributed by atoms with van der Waals surface area (Å²) >= 11 is 0. The van der Waals surface area contributed by atoms with Crippen LogP contribution in [-0.2, 0) is 0 Å². The van der Waals surface area contributed by atoms with Crippen molar-refractivity contribution in [1.82, 2.24) is 14.9 Å². The quantitative estimate of drug-likeness (QED) is 0.616. The van der Waals surface area contributed by atoms with Gasteiger partial charge in [0.25, 0.3) is 0 Å². The van der Waals surface area contributed by atoms with E-state index in [9.17, 15) is 0 Å². The molecule has 1 aromatic rings. The molecule has 0 spiro atoms. The van der Waals surface area contributed by atoms with Gasteiger partial charge in [-0.25, -0.2) is 9.97 Å². The lowest BCUT2D eigenvalue weighted by atomic mass is 10.0. The summed E-state index contributed by atoms with van der Waals surface area (Å²) in [5, 5.41) is 7.50. The summed E-state index contributed by atoms with van der Waals surface area (Å²) in [6.45, 7) is 4.10. The molecule has 0 aromatic carbocycles. The van der Waals surface area contributed by atoms with Gasteiger partial charge in [-0.2, -0.15) is 0 Å². The summed E-state index contributed by atoms with van der Waals surface area (Å²) in [4.78, 5) is 13.3. The summed E-state index contributed by atoms with van der Waals surface area (Å²) in [5.41, 5.74) is 6.86. The predicted molar refractivity (Wildman–Crippen MR) is 76.7 cm³/mol. The van der Waals surface area contributed by atoms with Crippen molar-refractivity contribution in [3.63, 3.8) is 0 Å². The number of nitrogens with one attached hydrogen (secondary N) is 1. The van der Waals surface area contributed by atoms with Crippen molar-refractivity contribution in [2.24, 2.45) is 5.73 Å². The fourth-order valence-electron chi connectivity index (χ4n) is 2.39. The second-order valence-electron chi connectivity index (χ2n) is 5.25. The van der Waals surface area contributed by atoms with Gasteiger partial charge in [-0.1, -0.05) is 0 Å². The third-order valence-corrected chi connectivity index (χ3v) is 3.67. The number of hydrogen-bond acceptors (Lipinski definition) is 5. The Morgan fingerprint density at radius 2 is 2.05 bits per heavy atom. The highest BCUT2D eigenvalue weighted by molar-refractivity contribution is 5.93. The molecule has 0 radical (unpaired) electrons. The van der Waals surface area contributed by atoms with Crippen molar-refractivity contribution >= 4 is 11.8 Å². The van der Waals surface area contributed by atoms with Gasteiger partial charge in [-0.3, -0.25) is 5.41 Å². The lowest BCUT2D eigenvalue weighted by Crippen LogP contribution is -2.42. The third kappa shape index (κ3) is 3.20. The molecule has 1 aromatic heterocycles. The molecule has 1 aliphatic rings. The minimum atomic E-state index is -0.0106. The van der Waals surface area contributed by atoms with Crippen molar-refractivity contribution in [2.45, 2.75) is 25.8 Å². The number of nitrogen functional groups attached to an aromatic ring is 1. The average Bonchev–Trinajstić information content (AvgIpc) is 2.38. The molecule has 6 nitrogen and oxygen atoms in total. The molecule has 0 unspecified atom stereocenters. The molecule has 19 heavy (non-hydrogen) atoms. The molecule has 1 fully saturated rings. The average molecular weight is 262 g/mol. The largest absolute Gasteiger partial charge is 0.382 e. The fraction of sp³-hybridized carbons (Fsp3) is 0.615. The van der Waals surface area contributed by atoms with Gasteiger partial charge in [0.1, 0.15) is 11.5 Å². The van der Waals surface area contributed by atoms with E-state index < -0.39 is 0 Å². The highest BCUT2D eigenvalue weighted by Gasteiger charge is 2.22. The molecule has 3 N–H and O–H groups in total. The Labute approximate surface area is 114 Å². The van der Waals surface area contributed by atoms with Crippen LogP contribution in [0.15, 0.2) is 6.07 Å². The van der Waals surface area contributed by atoms with E-state index in [1.165, 1.54) is 0 Å². The first kappa shape index (κ1) is 13.7. The van der Waals surface area contributed by atoms with Crippen LogP contribution in [0.5, 0.6) is 0 Å². The van der Waals surface area contributed by atoms with Crippen LogP contribution in [0.3, 0.4) is 0 Å². The monoisotopic (exact) mass is 262 g/mol. The zero-order valence-electron chi connectivity index (χ0n) is 11.8. The van der Waals surface area contributed by atoms with Gasteiger partial charge < -0.3 is 15.5 Å². The Balaban J connectivity index is 2.18. The molecule has 104 valence electrons. The van der Waals surface area contributed by atoms with E-state index in [4.69, 9.17) is 11.1 Å². The number of nitrogens with two attached hydrogens (primary N) is 1. The molecule has 0 amide bonds. The number of rotatable bonds is 3. The van der Waals surface area contributed by atoms with E-state index in [-0.39, 0.29) is 5.84 Å². The minimum Gasteiger partial charge on any atom is -0.382 e. The second kappa shape index (κ2) is 5.52. The molecule has 0 bridgehead atoms. The Kier molecular flexibility index (Phi) is 3.99. The Morgan fingerprint density at radius 3 is 2.63 bits per heavy atom. The van der Waals surface area contributed by atoms with E-state index in [1.807, 2.05) is 14.0 Å². The van der Waals surface area contributed by atoms with Crippen LogP contribution in [-0.4, -0.2) is 53.9 Å². The second-order valence-corrected chi connectivity index (χ2v) is 5.25. The number of aryl methyl sites for hydroxylation is 1. The number of nitrogens with zero attached hydrogens (tertiary/aromatic N) is 4. The van der Waals surface area contributed by atoms with Gasteiger partial charge >= 0.3 is 0 Å². The first-order chi connectivity index (χ1) is 8.97. The summed E-state index contributed by atoms with van der Waals surface area (Å²) in [6, 6.07) is 2.20. The van der Waals surface area contributed by atoms with Crippen LogP contribution in [0.2, 0.25) is 0 Å². The number of piperidine rings is 1. The third-order valence-electron chi connectivity index (χ3n) is 3.67. The molecule has 6 heteroatoms. The molecular formula is C13H22N6. The lowest BCUT2D eigenvalue weighted by Gasteiger charge is -2.35. The summed E-state index contributed by atoms with van der Waals surface area (Å²) in [5.74, 6) is 0.656. The molecule has 2 heterocycles. The highest BCUT2D eigenvalue weighted by Crippen LogP contribution is 2.19. The molecule has 2 rings (SSSR count). The molecule has 0 aliphatic carbocycles. The van der Waals surface area contributed by atoms with Crippen LogP contribution in [0.4, 0.5) is 5.95 Å². The molecule has 0 atom stereocenters. The van der Waals surface area contributed by atoms with E-state index in [0.29, 0.717) is 17.7 Å². The number of likely N-dealkylation sites (tertiary alicyclic amines) is 1. The predicted octanol–water partition coefficient (Wildman–Crippen LogP) is 0.599. The first-order valence-corrected chi connectivity index (χ1v) is 6.59. The topological polar surface area (TPSA) is 82.1 Å². The minimum absolute atomic E-state index is 0.0106. The van der Waals surface area contributed by atoms with Gasteiger partial charge in [-0.15, -0.1) is 0 Å². The number of hydrogen-bond donors (Lipinski definition) is 2. The van der Waals surface area contributed by atoms with Crippen LogP contribution in [0.1, 0.15) is 24.2 Å². The van der Waals surface area contributed by atoms with Crippen molar-refractivity contribution in [2.75, 3.05) is 32.1 Å². The van der Waals surface area contributed by atoms with Crippen molar-refractivity contribution < 1.29 is 0 Å². The number of aromatic nitrogens is 2. The van der Waals surface area contributed by atoms with Gasteiger partial charge in [0.15, 0.2) is 0 Å². The van der Waals surface area contributed by atoms with Crippen LogP contribution >= 0.6 is 0 Å². The maximum atomic E-state index is 7.50. The maximum absolute atomic E-state index is 7.50. The van der Waals surface area contributed by atoms with E-state index in [2.05, 4.69) is 26.8 Å². The normalized spacial score (nSPS) is 17.4. The van der Waals surface area contributed by atoms with Crippen molar-refractivity contribution in [3.8, 4) is 0 Å². The number of amidine groups is 1. The van der Waals surface area contributed by atoms with Gasteiger partial charge in [0, 0.05) is 18.8 Å². The first-order valence-electron chi connectivity index (χ1n) is 6.59. The summed E-state index contributed by atoms with van der Waals surface area (Å²) in [6.07, 6.45) is 2.22. The molecular weight excluding hydrogens is 240 g/mol. The van der Waals surface area contributed by atoms with Gasteiger partial charge in [0.2, 0.25) is 5.95 Å². The maximum Gasteiger partial charge on any atom is 0.226 e. The smallest absolute Gasteiger partial charge is 0.226 e. The zero-order chi connectivity index (χ0) is 14.0. The Hall–Kier alpha value is -1.69. The van der Waals surface area contributed by atoms with Crippen LogP contribution < -0.4 is 10.6 Å². The van der Waals surface area contributed by atoms with Gasteiger partial charge in [0.05, 0.1) is 0 Å². The molecule has 0 saturated carbocycles. The summed E-state index contributed by atoms with van der Waals surface area (Å²) < 4.78 is 0. The van der Waals surface area contributed by atoms with Crippen molar-refractivity contribution in [1.29, 1.82) is 5.41 Å². The lowest BCUT2D eigenvalue weighted by molar-refractivity contribution is 0.252. The molecule has 1 saturated heterocycles. The fourth-order valence-corrected chi connectivity index (χ4v) is 2.39. The molecule has 1 aliphatic heterocycles. The Bertz CT molecular complexity index is 464. The standard InChI is InChI=1S/C13H22N6/c1-9-8-11(12(14)15)17-13(16-9)19(3)10-4-6-18(2)7-5-10/h8,10H,4-7H2,1-3H3,(H3,14,15). The van der Waals surface area contributed by atoms with E-state index in [0.717, 1.165) is 31.6 Å². The van der Waals surface area contributed by atoms with Gasteiger partial charge in [-0.05, 0) is 46.0 Å². The van der Waals surface area contributed by atoms with E-state index >= 15 is 0 Å². The van der Waals surface area contributed by atoms with E-state index in [1.54, 1.807) is 6.07 Å². The van der Waals surface area contributed by atoms with Crippen LogP contribution in [0.25, 0.3) is 0 Å². The Morgan fingerprint density at radius 1 is 1.42 bits per heavy atom. The van der Waals surface area contributed by atoms with Crippen molar-refractivity contribution in [3.05, 3.63) is 17.5 Å². The summed E-state index contributed by atoms with van der Waals surface area (Å²) in [7, 11) is 4.17. The highest BCUT2D eigenvalue weighted by atomic mass is 15.3.